The van der Waals surface area contributed by atoms with Gasteiger partial charge < -0.3 is 9.30 Å². The molecule has 2 heterocycles. The van der Waals surface area contributed by atoms with Gasteiger partial charge in [-0.25, -0.2) is 4.98 Å². The van der Waals surface area contributed by atoms with Crippen LogP contribution in [0.2, 0.25) is 0 Å². The van der Waals surface area contributed by atoms with Gasteiger partial charge in [0.2, 0.25) is 0 Å². The summed E-state index contributed by atoms with van der Waals surface area (Å²) >= 11 is 0. The summed E-state index contributed by atoms with van der Waals surface area (Å²) in [5, 5.41) is 0. The molecule has 0 bridgehead atoms. The van der Waals surface area contributed by atoms with Crippen LogP contribution < -0.4 is 0 Å². The van der Waals surface area contributed by atoms with E-state index in [1.165, 1.54) is 0 Å². The predicted molar refractivity (Wildman–Crippen MR) is 106 cm³/mol. The van der Waals surface area contributed by atoms with Gasteiger partial charge in [0.15, 0.2) is 0 Å². The second-order valence-electron chi connectivity index (χ2n) is 6.93. The SMILES string of the molecule is Cc1nc2ccccc2n1CCCOC(=O)CCN1C(=O)c2ccccc2C1=O. The number of fused-ring (bicyclic) bond motifs is 2. The van der Waals surface area contributed by atoms with E-state index in [2.05, 4.69) is 9.55 Å². The molecule has 0 spiro atoms. The Hall–Kier alpha value is -3.48. The van der Waals surface area contributed by atoms with Gasteiger partial charge in [0.05, 0.1) is 35.2 Å². The fourth-order valence-corrected chi connectivity index (χ4v) is 3.60. The number of aryl methyl sites for hydroxylation is 2. The van der Waals surface area contributed by atoms with Gasteiger partial charge in [-0.3, -0.25) is 19.3 Å². The Balaban J connectivity index is 1.24. The van der Waals surface area contributed by atoms with Crippen molar-refractivity contribution in [2.24, 2.45) is 0 Å². The van der Waals surface area contributed by atoms with E-state index >= 15 is 0 Å². The normalized spacial score (nSPS) is 13.2. The third kappa shape index (κ3) is 3.63. The molecule has 0 unspecified atom stereocenters. The van der Waals surface area contributed by atoms with Crippen molar-refractivity contribution in [1.29, 1.82) is 0 Å². The van der Waals surface area contributed by atoms with Crippen LogP contribution in [0.1, 0.15) is 39.4 Å². The Kier molecular flexibility index (Phi) is 5.12. The van der Waals surface area contributed by atoms with E-state index in [0.29, 0.717) is 24.1 Å². The number of amides is 2. The molecule has 2 aromatic carbocycles. The number of carbonyl (C=O) groups excluding carboxylic acids is 3. The Labute approximate surface area is 167 Å². The van der Waals surface area contributed by atoms with Crippen molar-refractivity contribution in [2.45, 2.75) is 26.3 Å². The van der Waals surface area contributed by atoms with Crippen LogP contribution in [0.5, 0.6) is 0 Å². The van der Waals surface area contributed by atoms with Crippen molar-refractivity contribution in [2.75, 3.05) is 13.2 Å². The summed E-state index contributed by atoms with van der Waals surface area (Å²) < 4.78 is 7.38. The van der Waals surface area contributed by atoms with Crippen LogP contribution in [-0.2, 0) is 16.1 Å². The molecule has 29 heavy (non-hydrogen) atoms. The topological polar surface area (TPSA) is 81.5 Å². The average molecular weight is 391 g/mol. The van der Waals surface area contributed by atoms with Crippen LogP contribution >= 0.6 is 0 Å². The number of imidazole rings is 1. The standard InChI is InChI=1S/C22H21N3O4/c1-15-23-18-9-4-5-10-19(18)24(15)12-6-14-29-20(26)11-13-25-21(27)16-7-2-3-8-17(16)22(25)28/h2-5,7-10H,6,11-14H2,1H3. The average Bonchev–Trinajstić information content (AvgIpc) is 3.17. The summed E-state index contributed by atoms with van der Waals surface area (Å²) in [6.07, 6.45) is 0.637. The molecule has 1 aliphatic rings. The second-order valence-corrected chi connectivity index (χ2v) is 6.93. The van der Waals surface area contributed by atoms with Crippen LogP contribution in [0.4, 0.5) is 0 Å². The predicted octanol–water partition coefficient (Wildman–Crippen LogP) is 2.96. The summed E-state index contributed by atoms with van der Waals surface area (Å²) in [7, 11) is 0. The number of hydrogen-bond donors (Lipinski definition) is 0. The molecule has 7 nitrogen and oxygen atoms in total. The van der Waals surface area contributed by atoms with Crippen LogP contribution in [0.15, 0.2) is 48.5 Å². The number of carbonyl (C=O) groups is 3. The lowest BCUT2D eigenvalue weighted by molar-refractivity contribution is -0.143. The maximum Gasteiger partial charge on any atom is 0.307 e. The molecule has 7 heteroatoms. The Morgan fingerprint density at radius 3 is 2.34 bits per heavy atom. The first-order valence-corrected chi connectivity index (χ1v) is 9.59. The lowest BCUT2D eigenvalue weighted by Crippen LogP contribution is -2.32. The lowest BCUT2D eigenvalue weighted by atomic mass is 10.1. The quantitative estimate of drug-likeness (QED) is 0.351. The van der Waals surface area contributed by atoms with Gasteiger partial charge in [-0.2, -0.15) is 0 Å². The zero-order valence-electron chi connectivity index (χ0n) is 16.1. The van der Waals surface area contributed by atoms with Crippen molar-refractivity contribution in [3.63, 3.8) is 0 Å². The maximum atomic E-state index is 12.3. The maximum absolute atomic E-state index is 12.3. The molecule has 0 saturated carbocycles. The summed E-state index contributed by atoms with van der Waals surface area (Å²) in [6, 6.07) is 14.6. The number of benzene rings is 2. The number of hydrogen-bond acceptors (Lipinski definition) is 5. The highest BCUT2D eigenvalue weighted by molar-refractivity contribution is 6.21. The van der Waals surface area contributed by atoms with Crippen molar-refractivity contribution in [3.05, 3.63) is 65.5 Å². The van der Waals surface area contributed by atoms with Crippen LogP contribution in [0, 0.1) is 6.92 Å². The van der Waals surface area contributed by atoms with E-state index in [-0.39, 0.29) is 31.4 Å². The number of rotatable bonds is 7. The molecule has 1 aromatic heterocycles. The van der Waals surface area contributed by atoms with Crippen molar-refractivity contribution in [3.8, 4) is 0 Å². The number of esters is 1. The third-order valence-electron chi connectivity index (χ3n) is 5.05. The van der Waals surface area contributed by atoms with E-state index < -0.39 is 5.97 Å². The second kappa shape index (κ2) is 7.87. The summed E-state index contributed by atoms with van der Waals surface area (Å²) in [5.74, 6) is -0.223. The molecule has 0 N–H and O–H groups in total. The smallest absolute Gasteiger partial charge is 0.307 e. The molecule has 3 aromatic rings. The molecule has 0 aliphatic carbocycles. The Morgan fingerprint density at radius 2 is 1.62 bits per heavy atom. The van der Waals surface area contributed by atoms with E-state index in [4.69, 9.17) is 4.74 Å². The first kappa shape index (κ1) is 18.9. The molecule has 0 atom stereocenters. The summed E-state index contributed by atoms with van der Waals surface area (Å²) in [6.45, 7) is 2.94. The molecular formula is C22H21N3O4. The molecule has 0 fully saturated rings. The molecule has 148 valence electrons. The van der Waals surface area contributed by atoms with Crippen molar-refractivity contribution in [1.82, 2.24) is 14.5 Å². The molecule has 1 aliphatic heterocycles. The minimum absolute atomic E-state index is 0.0154. The number of para-hydroxylation sites is 2. The monoisotopic (exact) mass is 391 g/mol. The number of aromatic nitrogens is 2. The van der Waals surface area contributed by atoms with Gasteiger partial charge in [0, 0.05) is 13.1 Å². The van der Waals surface area contributed by atoms with Gasteiger partial charge in [0.25, 0.3) is 11.8 Å². The number of nitrogens with zero attached hydrogens (tertiary/aromatic N) is 3. The highest BCUT2D eigenvalue weighted by atomic mass is 16.5. The Morgan fingerprint density at radius 1 is 0.966 bits per heavy atom. The molecular weight excluding hydrogens is 370 g/mol. The van der Waals surface area contributed by atoms with E-state index in [1.807, 2.05) is 31.2 Å². The van der Waals surface area contributed by atoms with E-state index in [1.54, 1.807) is 24.3 Å². The van der Waals surface area contributed by atoms with Gasteiger partial charge in [-0.05, 0) is 37.6 Å². The zero-order valence-corrected chi connectivity index (χ0v) is 16.1. The highest BCUT2D eigenvalue weighted by Gasteiger charge is 2.35. The Bertz CT molecular complexity index is 1070. The fourth-order valence-electron chi connectivity index (χ4n) is 3.60. The number of imide groups is 1. The lowest BCUT2D eigenvalue weighted by Gasteiger charge is -2.13. The van der Waals surface area contributed by atoms with E-state index in [9.17, 15) is 14.4 Å². The fraction of sp³-hybridized carbons (Fsp3) is 0.273. The van der Waals surface area contributed by atoms with Gasteiger partial charge in [-0.15, -0.1) is 0 Å². The molecule has 0 radical (unpaired) electrons. The molecule has 2 amide bonds. The third-order valence-corrected chi connectivity index (χ3v) is 5.05. The largest absolute Gasteiger partial charge is 0.466 e. The van der Waals surface area contributed by atoms with Gasteiger partial charge in [0.1, 0.15) is 5.82 Å². The highest BCUT2D eigenvalue weighted by Crippen LogP contribution is 2.22. The van der Waals surface area contributed by atoms with Gasteiger partial charge >= 0.3 is 5.97 Å². The molecule has 0 saturated heterocycles. The minimum atomic E-state index is -0.422. The van der Waals surface area contributed by atoms with Crippen molar-refractivity contribution < 1.29 is 19.1 Å². The zero-order chi connectivity index (χ0) is 20.4. The number of ether oxygens (including phenoxy) is 1. The minimum Gasteiger partial charge on any atom is -0.466 e. The summed E-state index contributed by atoms with van der Waals surface area (Å²) in [5.41, 5.74) is 2.77. The van der Waals surface area contributed by atoms with Gasteiger partial charge in [-0.1, -0.05) is 24.3 Å². The van der Waals surface area contributed by atoms with E-state index in [0.717, 1.165) is 21.8 Å². The van der Waals surface area contributed by atoms with Crippen LogP contribution in [-0.4, -0.2) is 45.4 Å². The summed E-state index contributed by atoms with van der Waals surface area (Å²) in [4.78, 5) is 42.2. The first-order chi connectivity index (χ1) is 14.1. The van der Waals surface area contributed by atoms with Crippen LogP contribution in [0.25, 0.3) is 11.0 Å². The van der Waals surface area contributed by atoms with Crippen molar-refractivity contribution >= 4 is 28.8 Å². The van der Waals surface area contributed by atoms with Crippen LogP contribution in [0.3, 0.4) is 0 Å². The molecule has 4 rings (SSSR count). The first-order valence-electron chi connectivity index (χ1n) is 9.59.